The fourth-order valence-corrected chi connectivity index (χ4v) is 2.10. The lowest BCUT2D eigenvalue weighted by molar-refractivity contribution is 0.674. The van der Waals surface area contributed by atoms with Crippen LogP contribution in [0.3, 0.4) is 0 Å². The quantitative estimate of drug-likeness (QED) is 0.881. The highest BCUT2D eigenvalue weighted by Crippen LogP contribution is 2.39. The monoisotopic (exact) mass is 231 g/mol. The van der Waals surface area contributed by atoms with E-state index in [1.165, 1.54) is 12.8 Å². The minimum Gasteiger partial charge on any atom is -0.276 e. The summed E-state index contributed by atoms with van der Waals surface area (Å²) in [5.41, 5.74) is 1.92. The molecule has 2 aromatic rings. The Hall–Kier alpha value is -1.58. The molecule has 2 heterocycles. The summed E-state index contributed by atoms with van der Waals surface area (Å²) in [6.45, 7) is 4.24. The zero-order valence-electron chi connectivity index (χ0n) is 10.2. The molecule has 17 heavy (non-hydrogen) atoms. The van der Waals surface area contributed by atoms with Crippen molar-refractivity contribution in [1.82, 2.24) is 14.6 Å². The second kappa shape index (κ2) is 3.72. The van der Waals surface area contributed by atoms with Crippen LogP contribution in [0.2, 0.25) is 0 Å². The third-order valence-corrected chi connectivity index (χ3v) is 3.62. The van der Waals surface area contributed by atoms with Crippen molar-refractivity contribution in [3.63, 3.8) is 0 Å². The first kappa shape index (κ1) is 10.6. The van der Waals surface area contributed by atoms with E-state index in [1.807, 2.05) is 6.07 Å². The zero-order valence-corrected chi connectivity index (χ0v) is 10.2. The van der Waals surface area contributed by atoms with Gasteiger partial charge in [0, 0.05) is 12.0 Å². The minimum absolute atomic E-state index is 0.00598. The number of nitrogens with one attached hydrogen (secondary N) is 1. The molecule has 90 valence electrons. The zero-order chi connectivity index (χ0) is 12.0. The van der Waals surface area contributed by atoms with Crippen molar-refractivity contribution in [3.8, 4) is 0 Å². The molecule has 0 spiro atoms. The topological polar surface area (TPSA) is 50.2 Å². The van der Waals surface area contributed by atoms with Gasteiger partial charge in [0.05, 0.1) is 0 Å². The van der Waals surface area contributed by atoms with E-state index in [0.717, 1.165) is 23.5 Å². The molecule has 1 N–H and O–H groups in total. The Labute approximate surface area is 99.7 Å². The average Bonchev–Trinajstić information content (AvgIpc) is 3.08. The number of aromatic nitrogens is 3. The van der Waals surface area contributed by atoms with E-state index in [-0.39, 0.29) is 5.56 Å². The fraction of sp³-hybridized carbons (Fsp3) is 0.538. The molecule has 0 bridgehead atoms. The Bertz CT molecular complexity index is 607. The molecule has 0 aromatic carbocycles. The maximum absolute atomic E-state index is 11.9. The Morgan fingerprint density at radius 2 is 2.29 bits per heavy atom. The van der Waals surface area contributed by atoms with E-state index < -0.39 is 0 Å². The molecule has 1 aliphatic carbocycles. The SMILES string of the molecule is CCC(C)c1nc2cc(C3CC3)cc(=O)n2[nH]1. The van der Waals surface area contributed by atoms with Gasteiger partial charge in [0.2, 0.25) is 0 Å². The summed E-state index contributed by atoms with van der Waals surface area (Å²) in [6, 6.07) is 3.78. The molecule has 4 heteroatoms. The van der Waals surface area contributed by atoms with Gasteiger partial charge in [0.15, 0.2) is 5.65 Å². The van der Waals surface area contributed by atoms with E-state index in [0.29, 0.717) is 11.8 Å². The number of hydrogen-bond donors (Lipinski definition) is 1. The van der Waals surface area contributed by atoms with Crippen LogP contribution in [0.5, 0.6) is 0 Å². The molecule has 1 fully saturated rings. The number of H-pyrrole nitrogens is 1. The molecule has 0 saturated heterocycles. The van der Waals surface area contributed by atoms with Gasteiger partial charge < -0.3 is 0 Å². The van der Waals surface area contributed by atoms with E-state index >= 15 is 0 Å². The van der Waals surface area contributed by atoms with Crippen molar-refractivity contribution < 1.29 is 0 Å². The van der Waals surface area contributed by atoms with Gasteiger partial charge in [0.25, 0.3) is 5.56 Å². The summed E-state index contributed by atoms with van der Waals surface area (Å²) in [5.74, 6) is 1.85. The normalized spacial score (nSPS) is 17.5. The van der Waals surface area contributed by atoms with Crippen molar-refractivity contribution in [1.29, 1.82) is 0 Å². The van der Waals surface area contributed by atoms with Crippen LogP contribution in [0.15, 0.2) is 16.9 Å². The molecule has 1 aliphatic rings. The predicted molar refractivity (Wildman–Crippen MR) is 66.5 cm³/mol. The molecule has 1 unspecified atom stereocenters. The average molecular weight is 231 g/mol. The lowest BCUT2D eigenvalue weighted by atomic mass is 10.1. The lowest BCUT2D eigenvalue weighted by Crippen LogP contribution is -2.13. The summed E-state index contributed by atoms with van der Waals surface area (Å²) in [6.07, 6.45) is 3.43. The van der Waals surface area contributed by atoms with Crippen molar-refractivity contribution in [3.05, 3.63) is 33.9 Å². The summed E-state index contributed by atoms with van der Waals surface area (Å²) in [5, 5.41) is 3.09. The van der Waals surface area contributed by atoms with Gasteiger partial charge in [-0.15, -0.1) is 0 Å². The summed E-state index contributed by atoms with van der Waals surface area (Å²) in [7, 11) is 0. The van der Waals surface area contributed by atoms with E-state index in [1.54, 1.807) is 10.6 Å². The van der Waals surface area contributed by atoms with E-state index in [2.05, 4.69) is 23.9 Å². The Morgan fingerprint density at radius 1 is 1.53 bits per heavy atom. The first-order valence-corrected chi connectivity index (χ1v) is 6.31. The van der Waals surface area contributed by atoms with Gasteiger partial charge in [-0.1, -0.05) is 13.8 Å². The third-order valence-electron chi connectivity index (χ3n) is 3.62. The maximum Gasteiger partial charge on any atom is 0.271 e. The number of nitrogens with zero attached hydrogens (tertiary/aromatic N) is 2. The van der Waals surface area contributed by atoms with Gasteiger partial charge >= 0.3 is 0 Å². The first-order valence-electron chi connectivity index (χ1n) is 6.31. The van der Waals surface area contributed by atoms with Crippen molar-refractivity contribution in [2.45, 2.75) is 44.9 Å². The Kier molecular flexibility index (Phi) is 2.31. The lowest BCUT2D eigenvalue weighted by Gasteiger charge is -2.01. The molecular weight excluding hydrogens is 214 g/mol. The van der Waals surface area contributed by atoms with Crippen LogP contribution < -0.4 is 5.56 Å². The number of hydrogen-bond acceptors (Lipinski definition) is 2. The van der Waals surface area contributed by atoms with Crippen molar-refractivity contribution in [2.75, 3.05) is 0 Å². The van der Waals surface area contributed by atoms with Crippen LogP contribution in [-0.4, -0.2) is 14.6 Å². The van der Waals surface area contributed by atoms with Crippen molar-refractivity contribution in [2.24, 2.45) is 0 Å². The Balaban J connectivity index is 2.14. The summed E-state index contributed by atoms with van der Waals surface area (Å²) >= 11 is 0. The number of aromatic amines is 1. The van der Waals surface area contributed by atoms with Crippen LogP contribution >= 0.6 is 0 Å². The summed E-state index contributed by atoms with van der Waals surface area (Å²) < 4.78 is 1.55. The highest BCUT2D eigenvalue weighted by molar-refractivity contribution is 5.43. The van der Waals surface area contributed by atoms with Crippen LogP contribution in [0, 0.1) is 0 Å². The molecule has 1 saturated carbocycles. The van der Waals surface area contributed by atoms with Gasteiger partial charge in [0.1, 0.15) is 5.82 Å². The summed E-state index contributed by atoms with van der Waals surface area (Å²) in [4.78, 5) is 16.5. The maximum atomic E-state index is 11.9. The Morgan fingerprint density at radius 3 is 2.94 bits per heavy atom. The molecular formula is C13H17N3O. The number of pyridine rings is 1. The third kappa shape index (κ3) is 1.77. The fourth-order valence-electron chi connectivity index (χ4n) is 2.10. The standard InChI is InChI=1S/C13H17N3O/c1-3-8(2)13-14-11-6-10(9-4-5-9)7-12(17)16(11)15-13/h6-9H,3-5H2,1-2H3,(H,14,15). The molecule has 2 aromatic heterocycles. The van der Waals surface area contributed by atoms with Gasteiger partial charge in [-0.3, -0.25) is 9.89 Å². The van der Waals surface area contributed by atoms with E-state index in [4.69, 9.17) is 0 Å². The molecule has 0 amide bonds. The minimum atomic E-state index is 0.00598. The molecule has 3 rings (SSSR count). The second-order valence-electron chi connectivity index (χ2n) is 5.01. The van der Waals surface area contributed by atoms with Crippen LogP contribution in [-0.2, 0) is 0 Å². The van der Waals surface area contributed by atoms with Crippen LogP contribution in [0.1, 0.15) is 56.3 Å². The molecule has 0 radical (unpaired) electrons. The van der Waals surface area contributed by atoms with E-state index in [9.17, 15) is 4.79 Å². The first-order chi connectivity index (χ1) is 8.19. The highest BCUT2D eigenvalue weighted by atomic mass is 16.1. The van der Waals surface area contributed by atoms with Crippen LogP contribution in [0.4, 0.5) is 0 Å². The van der Waals surface area contributed by atoms with Gasteiger partial charge in [-0.25, -0.2) is 9.50 Å². The second-order valence-corrected chi connectivity index (χ2v) is 5.01. The highest BCUT2D eigenvalue weighted by Gasteiger charge is 2.25. The smallest absolute Gasteiger partial charge is 0.271 e. The number of rotatable bonds is 3. The van der Waals surface area contributed by atoms with Crippen LogP contribution in [0.25, 0.3) is 5.65 Å². The van der Waals surface area contributed by atoms with Gasteiger partial charge in [-0.05, 0) is 36.8 Å². The number of fused-ring (bicyclic) bond motifs is 1. The molecule has 0 aliphatic heterocycles. The molecule has 4 nitrogen and oxygen atoms in total. The van der Waals surface area contributed by atoms with Crippen molar-refractivity contribution >= 4 is 5.65 Å². The van der Waals surface area contributed by atoms with Gasteiger partial charge in [-0.2, -0.15) is 0 Å². The molecule has 1 atom stereocenters. The largest absolute Gasteiger partial charge is 0.276 e. The predicted octanol–water partition coefficient (Wildman–Crippen LogP) is 2.41.